The van der Waals surface area contributed by atoms with Crippen LogP contribution in [0, 0.1) is 0 Å². The van der Waals surface area contributed by atoms with Crippen molar-refractivity contribution in [2.75, 3.05) is 5.32 Å². The van der Waals surface area contributed by atoms with Gasteiger partial charge in [0, 0.05) is 24.1 Å². The van der Waals surface area contributed by atoms with Crippen molar-refractivity contribution in [3.63, 3.8) is 0 Å². The van der Waals surface area contributed by atoms with Gasteiger partial charge >= 0.3 is 0 Å². The molecule has 14 heavy (non-hydrogen) atoms. The van der Waals surface area contributed by atoms with E-state index in [2.05, 4.69) is 34.1 Å². The van der Waals surface area contributed by atoms with Crippen LogP contribution in [0.2, 0.25) is 0 Å². The highest BCUT2D eigenvalue weighted by atomic mass is 32.1. The minimum atomic E-state index is 0.351. The molecule has 3 heteroatoms. The molecule has 2 aromatic heterocycles. The Morgan fingerprint density at radius 2 is 2.07 bits per heavy atom. The van der Waals surface area contributed by atoms with Crippen molar-refractivity contribution in [1.82, 2.24) is 4.98 Å². The second-order valence-corrected chi connectivity index (χ2v) is 3.94. The average Bonchev–Trinajstić information content (AvgIpc) is 2.72. The quantitative estimate of drug-likeness (QED) is 0.829. The van der Waals surface area contributed by atoms with Gasteiger partial charge in [0.15, 0.2) is 0 Å². The number of nitrogens with zero attached hydrogens (tertiary/aromatic N) is 1. The second kappa shape index (κ2) is 4.24. The second-order valence-electron chi connectivity index (χ2n) is 3.16. The smallest absolute Gasteiger partial charge is 0.0493 e. The lowest BCUT2D eigenvalue weighted by molar-refractivity contribution is 0.890. The van der Waals surface area contributed by atoms with Crippen molar-refractivity contribution in [3.8, 4) is 0 Å². The van der Waals surface area contributed by atoms with E-state index in [4.69, 9.17) is 0 Å². The molecular formula is C11H12N2S. The molecule has 0 amide bonds. The molecule has 2 aromatic rings. The Bertz CT molecular complexity index is 369. The Labute approximate surface area is 87.6 Å². The van der Waals surface area contributed by atoms with E-state index in [9.17, 15) is 0 Å². The monoisotopic (exact) mass is 204 g/mol. The summed E-state index contributed by atoms with van der Waals surface area (Å²) < 4.78 is 0. The number of nitrogens with one attached hydrogen (secondary N) is 1. The number of hydrogen-bond acceptors (Lipinski definition) is 3. The van der Waals surface area contributed by atoms with Crippen molar-refractivity contribution >= 4 is 17.0 Å². The Balaban J connectivity index is 2.06. The maximum absolute atomic E-state index is 3.98. The van der Waals surface area contributed by atoms with Crippen LogP contribution in [-0.2, 0) is 0 Å². The lowest BCUT2D eigenvalue weighted by Gasteiger charge is -2.13. The van der Waals surface area contributed by atoms with Crippen LogP contribution in [0.4, 0.5) is 5.69 Å². The third-order valence-electron chi connectivity index (χ3n) is 2.11. The summed E-state index contributed by atoms with van der Waals surface area (Å²) in [6.45, 7) is 2.16. The van der Waals surface area contributed by atoms with Gasteiger partial charge in [0.05, 0.1) is 0 Å². The predicted molar refractivity (Wildman–Crippen MR) is 60.6 cm³/mol. The van der Waals surface area contributed by atoms with Crippen LogP contribution in [0.3, 0.4) is 0 Å². The Morgan fingerprint density at radius 1 is 1.29 bits per heavy atom. The highest BCUT2D eigenvalue weighted by Crippen LogP contribution is 2.20. The third-order valence-corrected chi connectivity index (χ3v) is 2.81. The molecule has 0 saturated carbocycles. The molecule has 1 unspecified atom stereocenters. The summed E-state index contributed by atoms with van der Waals surface area (Å²) in [6.07, 6.45) is 3.59. The van der Waals surface area contributed by atoms with Gasteiger partial charge in [0.2, 0.25) is 0 Å². The molecule has 0 saturated heterocycles. The largest absolute Gasteiger partial charge is 0.378 e. The fourth-order valence-electron chi connectivity index (χ4n) is 1.30. The molecule has 1 N–H and O–H groups in total. The molecule has 0 fully saturated rings. The molecule has 0 aliphatic rings. The Kier molecular flexibility index (Phi) is 2.79. The van der Waals surface area contributed by atoms with Crippen LogP contribution in [-0.4, -0.2) is 4.98 Å². The van der Waals surface area contributed by atoms with E-state index in [-0.39, 0.29) is 0 Å². The molecule has 2 heterocycles. The standard InChI is InChI=1S/C11H12N2S/c1-9(10-4-7-14-8-10)13-11-2-5-12-6-3-11/h2-9H,1H3,(H,12,13). The van der Waals surface area contributed by atoms with E-state index in [1.807, 2.05) is 12.1 Å². The van der Waals surface area contributed by atoms with Crippen molar-refractivity contribution in [1.29, 1.82) is 0 Å². The summed E-state index contributed by atoms with van der Waals surface area (Å²) in [5.74, 6) is 0. The molecule has 0 radical (unpaired) electrons. The van der Waals surface area contributed by atoms with Crippen LogP contribution < -0.4 is 5.32 Å². The molecule has 0 aliphatic heterocycles. The fraction of sp³-hybridized carbons (Fsp3) is 0.182. The highest BCUT2D eigenvalue weighted by molar-refractivity contribution is 7.07. The number of rotatable bonds is 3. The minimum Gasteiger partial charge on any atom is -0.378 e. The number of hydrogen-bond donors (Lipinski definition) is 1. The van der Waals surface area contributed by atoms with Crippen LogP contribution >= 0.6 is 11.3 Å². The van der Waals surface area contributed by atoms with Gasteiger partial charge in [-0.3, -0.25) is 4.98 Å². The summed E-state index contributed by atoms with van der Waals surface area (Å²) in [4.78, 5) is 3.98. The normalized spacial score (nSPS) is 12.4. The van der Waals surface area contributed by atoms with Crippen molar-refractivity contribution in [2.45, 2.75) is 13.0 Å². The molecule has 0 bridgehead atoms. The van der Waals surface area contributed by atoms with Crippen molar-refractivity contribution < 1.29 is 0 Å². The van der Waals surface area contributed by atoms with Gasteiger partial charge in [-0.15, -0.1) is 0 Å². The van der Waals surface area contributed by atoms with Gasteiger partial charge in [0.1, 0.15) is 0 Å². The van der Waals surface area contributed by atoms with E-state index < -0.39 is 0 Å². The van der Waals surface area contributed by atoms with Gasteiger partial charge in [0.25, 0.3) is 0 Å². The fourth-order valence-corrected chi connectivity index (χ4v) is 2.06. The van der Waals surface area contributed by atoms with Gasteiger partial charge in [-0.1, -0.05) is 0 Å². The average molecular weight is 204 g/mol. The molecule has 0 spiro atoms. The first-order valence-electron chi connectivity index (χ1n) is 4.55. The van der Waals surface area contributed by atoms with Crippen LogP contribution in [0.25, 0.3) is 0 Å². The lowest BCUT2D eigenvalue weighted by Crippen LogP contribution is -2.05. The summed E-state index contributed by atoms with van der Waals surface area (Å²) >= 11 is 1.73. The number of aromatic nitrogens is 1. The highest BCUT2D eigenvalue weighted by Gasteiger charge is 2.04. The van der Waals surface area contributed by atoms with E-state index in [0.717, 1.165) is 5.69 Å². The van der Waals surface area contributed by atoms with E-state index in [0.29, 0.717) is 6.04 Å². The number of anilines is 1. The molecule has 2 nitrogen and oxygen atoms in total. The third kappa shape index (κ3) is 2.12. The summed E-state index contributed by atoms with van der Waals surface area (Å²) in [5, 5.41) is 7.67. The molecule has 0 aliphatic carbocycles. The zero-order chi connectivity index (χ0) is 9.80. The van der Waals surface area contributed by atoms with E-state index in [1.165, 1.54) is 5.56 Å². The zero-order valence-electron chi connectivity index (χ0n) is 7.97. The lowest BCUT2D eigenvalue weighted by atomic mass is 10.2. The van der Waals surface area contributed by atoms with Crippen LogP contribution in [0.15, 0.2) is 41.4 Å². The topological polar surface area (TPSA) is 24.9 Å². The van der Waals surface area contributed by atoms with Gasteiger partial charge in [-0.25, -0.2) is 0 Å². The first-order chi connectivity index (χ1) is 6.86. The van der Waals surface area contributed by atoms with Crippen LogP contribution in [0.1, 0.15) is 18.5 Å². The Morgan fingerprint density at radius 3 is 2.71 bits per heavy atom. The SMILES string of the molecule is CC(Nc1ccncc1)c1ccsc1. The number of pyridine rings is 1. The predicted octanol–water partition coefficient (Wildman–Crippen LogP) is 3.32. The first kappa shape index (κ1) is 9.21. The summed E-state index contributed by atoms with van der Waals surface area (Å²) in [6, 6.07) is 6.44. The molecular weight excluding hydrogens is 192 g/mol. The van der Waals surface area contributed by atoms with Gasteiger partial charge < -0.3 is 5.32 Å². The molecule has 2 rings (SSSR count). The molecule has 72 valence electrons. The van der Waals surface area contributed by atoms with Crippen molar-refractivity contribution in [3.05, 3.63) is 46.9 Å². The molecule has 0 aromatic carbocycles. The Hall–Kier alpha value is -1.35. The summed E-state index contributed by atoms with van der Waals surface area (Å²) in [7, 11) is 0. The van der Waals surface area contributed by atoms with Crippen molar-refractivity contribution in [2.24, 2.45) is 0 Å². The molecule has 1 atom stereocenters. The van der Waals surface area contributed by atoms with E-state index in [1.54, 1.807) is 23.7 Å². The maximum Gasteiger partial charge on any atom is 0.0493 e. The van der Waals surface area contributed by atoms with Crippen LogP contribution in [0.5, 0.6) is 0 Å². The van der Waals surface area contributed by atoms with E-state index >= 15 is 0 Å². The first-order valence-corrected chi connectivity index (χ1v) is 5.49. The van der Waals surface area contributed by atoms with Gasteiger partial charge in [-0.05, 0) is 41.4 Å². The van der Waals surface area contributed by atoms with Gasteiger partial charge in [-0.2, -0.15) is 11.3 Å². The minimum absolute atomic E-state index is 0.351. The number of thiophene rings is 1. The maximum atomic E-state index is 3.98. The summed E-state index contributed by atoms with van der Waals surface area (Å²) in [5.41, 5.74) is 2.44. The zero-order valence-corrected chi connectivity index (χ0v) is 8.79.